The summed E-state index contributed by atoms with van der Waals surface area (Å²) in [6.45, 7) is 0. The zero-order valence-corrected chi connectivity index (χ0v) is 18.3. The third-order valence-corrected chi connectivity index (χ3v) is 7.99. The second-order valence-electron chi connectivity index (χ2n) is 4.74. The van der Waals surface area contributed by atoms with Gasteiger partial charge < -0.3 is 18.9 Å². The second-order valence-corrected chi connectivity index (χ2v) is 9.06. The van der Waals surface area contributed by atoms with Gasteiger partial charge in [-0.3, -0.25) is 0 Å². The molecule has 0 saturated carbocycles. The van der Waals surface area contributed by atoms with Crippen molar-refractivity contribution < 1.29 is 38.1 Å². The minimum Gasteiger partial charge on any atom is -0.465 e. The van der Waals surface area contributed by atoms with Crippen LogP contribution in [0.25, 0.3) is 0 Å². The Labute approximate surface area is 175 Å². The molecule has 28 heavy (non-hydrogen) atoms. The summed E-state index contributed by atoms with van der Waals surface area (Å²) in [4.78, 5) is 49.4. The van der Waals surface area contributed by atoms with Crippen LogP contribution in [0.4, 0.5) is 0 Å². The molecule has 0 aliphatic heterocycles. The van der Waals surface area contributed by atoms with Gasteiger partial charge in [-0.2, -0.15) is 0 Å². The Hall–Kier alpha value is -2.02. The standard InChI is InChI=1S/C16H14O8S4/c1-21-13(17)9-5-7(11(25-9)15(19)23-3)27-28-8-6-10(14(18)22-2)26-12(8)16(20)24-4/h5-6H,1-4H3. The van der Waals surface area contributed by atoms with Gasteiger partial charge in [-0.1, -0.05) is 21.6 Å². The van der Waals surface area contributed by atoms with E-state index in [4.69, 9.17) is 9.47 Å². The number of hydrogen-bond donors (Lipinski definition) is 0. The Morgan fingerprint density at radius 1 is 0.643 bits per heavy atom. The summed E-state index contributed by atoms with van der Waals surface area (Å²) in [5, 5.41) is 0. The van der Waals surface area contributed by atoms with Crippen LogP contribution < -0.4 is 0 Å². The lowest BCUT2D eigenvalue weighted by molar-refractivity contribution is 0.0593. The van der Waals surface area contributed by atoms with E-state index in [1.807, 2.05) is 0 Å². The van der Waals surface area contributed by atoms with Gasteiger partial charge in [0.2, 0.25) is 0 Å². The highest BCUT2D eigenvalue weighted by molar-refractivity contribution is 8.76. The van der Waals surface area contributed by atoms with Crippen molar-refractivity contribution in [3.63, 3.8) is 0 Å². The first-order valence-corrected chi connectivity index (χ1v) is 11.1. The summed E-state index contributed by atoms with van der Waals surface area (Å²) in [7, 11) is 7.21. The van der Waals surface area contributed by atoms with E-state index in [1.165, 1.54) is 40.6 Å². The molecule has 0 saturated heterocycles. The Bertz CT molecular complexity index is 840. The van der Waals surface area contributed by atoms with Gasteiger partial charge in [0, 0.05) is 9.79 Å². The first kappa shape index (κ1) is 22.3. The molecule has 0 fully saturated rings. The van der Waals surface area contributed by atoms with Crippen LogP contribution in [-0.4, -0.2) is 52.3 Å². The van der Waals surface area contributed by atoms with E-state index in [0.717, 1.165) is 44.3 Å². The number of methoxy groups -OCH3 is 4. The van der Waals surface area contributed by atoms with Crippen molar-refractivity contribution >= 4 is 68.1 Å². The second kappa shape index (κ2) is 9.96. The van der Waals surface area contributed by atoms with Crippen molar-refractivity contribution in [1.82, 2.24) is 0 Å². The molecule has 2 heterocycles. The van der Waals surface area contributed by atoms with Gasteiger partial charge in [0.1, 0.15) is 19.5 Å². The SMILES string of the molecule is COC(=O)c1cc(SSc2cc(C(=O)OC)sc2C(=O)OC)c(C(=O)OC)s1. The molecule has 2 rings (SSSR count). The van der Waals surface area contributed by atoms with E-state index in [-0.39, 0.29) is 19.5 Å². The van der Waals surface area contributed by atoms with E-state index in [0.29, 0.717) is 9.79 Å². The van der Waals surface area contributed by atoms with Crippen LogP contribution in [0, 0.1) is 0 Å². The Kier molecular flexibility index (Phi) is 7.92. The topological polar surface area (TPSA) is 105 Å². The van der Waals surface area contributed by atoms with Crippen LogP contribution in [0.3, 0.4) is 0 Å². The zero-order chi connectivity index (χ0) is 20.8. The summed E-state index contributed by atoms with van der Waals surface area (Å²) in [5.41, 5.74) is 0. The molecule has 0 bridgehead atoms. The molecule has 150 valence electrons. The van der Waals surface area contributed by atoms with Gasteiger partial charge in [0.05, 0.1) is 28.4 Å². The minimum absolute atomic E-state index is 0.225. The zero-order valence-electron chi connectivity index (χ0n) is 15.1. The van der Waals surface area contributed by atoms with Crippen LogP contribution in [0.15, 0.2) is 21.9 Å². The van der Waals surface area contributed by atoms with Gasteiger partial charge in [-0.15, -0.1) is 22.7 Å². The maximum Gasteiger partial charge on any atom is 0.349 e. The number of hydrogen-bond acceptors (Lipinski definition) is 12. The molecule has 0 aromatic carbocycles. The molecule has 0 spiro atoms. The fraction of sp³-hybridized carbons (Fsp3) is 0.250. The molecule has 12 heteroatoms. The fourth-order valence-electron chi connectivity index (χ4n) is 1.83. The normalized spacial score (nSPS) is 10.3. The quantitative estimate of drug-likeness (QED) is 0.343. The third-order valence-electron chi connectivity index (χ3n) is 3.13. The summed E-state index contributed by atoms with van der Waals surface area (Å²) < 4.78 is 18.9. The monoisotopic (exact) mass is 462 g/mol. The predicted molar refractivity (Wildman–Crippen MR) is 106 cm³/mol. The van der Waals surface area contributed by atoms with Crippen molar-refractivity contribution in [1.29, 1.82) is 0 Å². The number of carbonyl (C=O) groups is 4. The third kappa shape index (κ3) is 4.87. The summed E-state index contributed by atoms with van der Waals surface area (Å²) in [6.07, 6.45) is 0. The van der Waals surface area contributed by atoms with Gasteiger partial charge in [0.15, 0.2) is 0 Å². The number of carbonyl (C=O) groups excluding carboxylic acids is 4. The van der Waals surface area contributed by atoms with E-state index < -0.39 is 23.9 Å². The molecule has 2 aromatic heterocycles. The molecule has 0 aliphatic rings. The van der Waals surface area contributed by atoms with Gasteiger partial charge in [0.25, 0.3) is 0 Å². The molecule has 8 nitrogen and oxygen atoms in total. The molecule has 0 amide bonds. The maximum atomic E-state index is 12.0. The van der Waals surface area contributed by atoms with Gasteiger partial charge >= 0.3 is 23.9 Å². The number of rotatable bonds is 7. The van der Waals surface area contributed by atoms with Crippen LogP contribution in [0.5, 0.6) is 0 Å². The first-order chi connectivity index (χ1) is 13.4. The predicted octanol–water partition coefficient (Wildman–Crippen LogP) is 3.76. The molecule has 0 aliphatic carbocycles. The maximum absolute atomic E-state index is 12.0. The largest absolute Gasteiger partial charge is 0.465 e. The number of thiophene rings is 2. The molecule has 0 unspecified atom stereocenters. The number of esters is 4. The van der Waals surface area contributed by atoms with Crippen molar-refractivity contribution in [3.8, 4) is 0 Å². The molecule has 0 N–H and O–H groups in total. The molecule has 0 radical (unpaired) electrons. The fourth-order valence-corrected chi connectivity index (χ4v) is 6.74. The average molecular weight is 463 g/mol. The van der Waals surface area contributed by atoms with Crippen molar-refractivity contribution in [2.24, 2.45) is 0 Å². The van der Waals surface area contributed by atoms with Crippen molar-refractivity contribution in [2.75, 3.05) is 28.4 Å². The highest BCUT2D eigenvalue weighted by atomic mass is 33.1. The summed E-state index contributed by atoms with van der Waals surface area (Å²) in [6, 6.07) is 3.01. The first-order valence-electron chi connectivity index (χ1n) is 7.31. The summed E-state index contributed by atoms with van der Waals surface area (Å²) in [5.74, 6) is -2.36. The Morgan fingerprint density at radius 3 is 1.25 bits per heavy atom. The molecule has 0 atom stereocenters. The van der Waals surface area contributed by atoms with Crippen molar-refractivity contribution in [3.05, 3.63) is 31.6 Å². The lowest BCUT2D eigenvalue weighted by atomic mass is 10.4. The number of ether oxygens (including phenoxy) is 4. The molecule has 2 aromatic rings. The van der Waals surface area contributed by atoms with E-state index in [1.54, 1.807) is 0 Å². The smallest absolute Gasteiger partial charge is 0.349 e. The summed E-state index contributed by atoms with van der Waals surface area (Å²) >= 11 is 1.88. The van der Waals surface area contributed by atoms with Gasteiger partial charge in [-0.05, 0) is 12.1 Å². The lowest BCUT2D eigenvalue weighted by Crippen LogP contribution is -1.99. The van der Waals surface area contributed by atoms with Crippen LogP contribution >= 0.6 is 44.3 Å². The van der Waals surface area contributed by atoms with E-state index in [2.05, 4.69) is 9.47 Å². The van der Waals surface area contributed by atoms with Crippen LogP contribution in [0.2, 0.25) is 0 Å². The van der Waals surface area contributed by atoms with E-state index >= 15 is 0 Å². The lowest BCUT2D eigenvalue weighted by Gasteiger charge is -2.02. The van der Waals surface area contributed by atoms with Crippen LogP contribution in [0.1, 0.15) is 38.7 Å². The Morgan fingerprint density at radius 2 is 0.964 bits per heavy atom. The molecular formula is C16H14O8S4. The minimum atomic E-state index is -0.600. The Balaban J connectivity index is 2.35. The highest BCUT2D eigenvalue weighted by Gasteiger charge is 2.25. The highest BCUT2D eigenvalue weighted by Crippen LogP contribution is 2.45. The average Bonchev–Trinajstić information content (AvgIpc) is 3.34. The van der Waals surface area contributed by atoms with Crippen LogP contribution in [-0.2, 0) is 18.9 Å². The van der Waals surface area contributed by atoms with E-state index in [9.17, 15) is 19.2 Å². The van der Waals surface area contributed by atoms with Gasteiger partial charge in [-0.25, -0.2) is 19.2 Å². The van der Waals surface area contributed by atoms with Crippen molar-refractivity contribution in [2.45, 2.75) is 9.79 Å². The molecular weight excluding hydrogens is 448 g/mol.